The van der Waals surface area contributed by atoms with Crippen molar-refractivity contribution >= 4 is 15.9 Å². The summed E-state index contributed by atoms with van der Waals surface area (Å²) in [6.45, 7) is 3.99. The topological polar surface area (TPSA) is 77.9 Å². The summed E-state index contributed by atoms with van der Waals surface area (Å²) >= 11 is 0. The van der Waals surface area contributed by atoms with Gasteiger partial charge in [-0.05, 0) is 32.4 Å². The van der Waals surface area contributed by atoms with Gasteiger partial charge in [-0.15, -0.1) is 0 Å². The van der Waals surface area contributed by atoms with Gasteiger partial charge in [-0.2, -0.15) is 17.5 Å². The van der Waals surface area contributed by atoms with Crippen molar-refractivity contribution in [2.75, 3.05) is 26.2 Å². The van der Waals surface area contributed by atoms with Gasteiger partial charge in [0.25, 0.3) is 0 Å². The van der Waals surface area contributed by atoms with Gasteiger partial charge in [-0.1, -0.05) is 17.7 Å². The highest BCUT2D eigenvalue weighted by Gasteiger charge is 2.51. The van der Waals surface area contributed by atoms with Gasteiger partial charge in [0.2, 0.25) is 15.9 Å². The second-order valence-corrected chi connectivity index (χ2v) is 8.91. The van der Waals surface area contributed by atoms with Crippen LogP contribution in [0.2, 0.25) is 0 Å². The monoisotopic (exact) mass is 408 g/mol. The molecule has 0 bridgehead atoms. The van der Waals surface area contributed by atoms with Gasteiger partial charge in [-0.25, -0.2) is 8.42 Å². The number of halogens is 3. The zero-order valence-corrected chi connectivity index (χ0v) is 16.2. The molecule has 1 heterocycles. The second-order valence-electron chi connectivity index (χ2n) is 7.00. The van der Waals surface area contributed by atoms with Crippen molar-refractivity contribution in [2.45, 2.75) is 43.9 Å². The molecule has 0 radical (unpaired) electrons. The number of rotatable bonds is 4. The average molecular weight is 408 g/mol. The molecule has 1 saturated heterocycles. The number of hydrogen-bond donors (Lipinski definition) is 1. The van der Waals surface area contributed by atoms with Crippen molar-refractivity contribution in [3.05, 3.63) is 29.3 Å². The van der Waals surface area contributed by atoms with Crippen LogP contribution in [0.15, 0.2) is 23.1 Å². The maximum absolute atomic E-state index is 12.8. The zero-order chi connectivity index (χ0) is 20.6. The summed E-state index contributed by atoms with van der Waals surface area (Å²) in [5.41, 5.74) is -1.58. The summed E-state index contributed by atoms with van der Waals surface area (Å²) in [6.07, 6.45) is -6.02. The number of amides is 1. The predicted molar refractivity (Wildman–Crippen MR) is 92.6 cm³/mol. The lowest BCUT2D eigenvalue weighted by Gasteiger charge is -2.36. The molecule has 0 aromatic heterocycles. The van der Waals surface area contributed by atoms with Crippen LogP contribution in [0.3, 0.4) is 0 Å². The molecule has 1 N–H and O–H groups in total. The highest BCUT2D eigenvalue weighted by Crippen LogP contribution is 2.33. The smallest absolute Gasteiger partial charge is 0.380 e. The SMILES string of the molecule is Cc1ccc(S(=O)(=O)N2CCN(C(=O)CC(C)(O)C(F)(F)F)CC2)c(C)c1. The third-order valence-electron chi connectivity index (χ3n) is 4.65. The van der Waals surface area contributed by atoms with Gasteiger partial charge in [0.1, 0.15) is 0 Å². The Balaban J connectivity index is 2.05. The number of aliphatic hydroxyl groups is 1. The molecule has 152 valence electrons. The molecular formula is C17H23F3N2O4S. The number of piperazine rings is 1. The second kappa shape index (κ2) is 7.40. The van der Waals surface area contributed by atoms with Crippen LogP contribution in [0.5, 0.6) is 0 Å². The van der Waals surface area contributed by atoms with Crippen LogP contribution in [0.1, 0.15) is 24.5 Å². The van der Waals surface area contributed by atoms with Crippen LogP contribution in [0, 0.1) is 13.8 Å². The number of carbonyl (C=O) groups is 1. The largest absolute Gasteiger partial charge is 0.417 e. The summed E-state index contributed by atoms with van der Waals surface area (Å²) in [5.74, 6) is -0.860. The summed E-state index contributed by atoms with van der Waals surface area (Å²) in [7, 11) is -3.75. The van der Waals surface area contributed by atoms with E-state index in [1.165, 1.54) is 10.4 Å². The highest BCUT2D eigenvalue weighted by molar-refractivity contribution is 7.89. The molecule has 0 saturated carbocycles. The Hall–Kier alpha value is -1.65. The molecule has 1 fully saturated rings. The van der Waals surface area contributed by atoms with E-state index in [4.69, 9.17) is 0 Å². The first kappa shape index (κ1) is 21.6. The minimum atomic E-state index is -4.92. The van der Waals surface area contributed by atoms with Gasteiger partial charge in [0.05, 0.1) is 11.3 Å². The van der Waals surface area contributed by atoms with E-state index in [-0.39, 0.29) is 31.1 Å². The van der Waals surface area contributed by atoms with E-state index in [2.05, 4.69) is 0 Å². The molecule has 1 aromatic rings. The quantitative estimate of drug-likeness (QED) is 0.825. The average Bonchev–Trinajstić information content (AvgIpc) is 2.53. The van der Waals surface area contributed by atoms with Crippen LogP contribution >= 0.6 is 0 Å². The first-order valence-electron chi connectivity index (χ1n) is 8.40. The first-order chi connectivity index (χ1) is 12.3. The number of aryl methyl sites for hydroxylation is 2. The molecule has 10 heteroatoms. The molecule has 1 atom stereocenters. The number of alkyl halides is 3. The van der Waals surface area contributed by atoms with Crippen molar-refractivity contribution in [1.29, 1.82) is 0 Å². The minimum Gasteiger partial charge on any atom is -0.380 e. The zero-order valence-electron chi connectivity index (χ0n) is 15.4. The lowest BCUT2D eigenvalue weighted by molar-refractivity contribution is -0.254. The predicted octanol–water partition coefficient (Wildman–Crippen LogP) is 1.84. The van der Waals surface area contributed by atoms with Gasteiger partial charge < -0.3 is 10.0 Å². The van der Waals surface area contributed by atoms with Crippen molar-refractivity contribution in [3.63, 3.8) is 0 Å². The Labute approximate surface area is 156 Å². The van der Waals surface area contributed by atoms with Crippen molar-refractivity contribution in [2.24, 2.45) is 0 Å². The third-order valence-corrected chi connectivity index (χ3v) is 6.70. The fourth-order valence-electron chi connectivity index (χ4n) is 2.91. The maximum Gasteiger partial charge on any atom is 0.417 e. The van der Waals surface area contributed by atoms with Gasteiger partial charge >= 0.3 is 6.18 Å². The number of benzene rings is 1. The molecule has 2 rings (SSSR count). The molecule has 1 aromatic carbocycles. The number of sulfonamides is 1. The van der Waals surface area contributed by atoms with Gasteiger partial charge in [0.15, 0.2) is 5.60 Å². The van der Waals surface area contributed by atoms with Gasteiger partial charge in [0, 0.05) is 26.2 Å². The fraction of sp³-hybridized carbons (Fsp3) is 0.588. The summed E-state index contributed by atoms with van der Waals surface area (Å²) in [5, 5.41) is 9.46. The van der Waals surface area contributed by atoms with E-state index in [1.807, 2.05) is 6.92 Å². The fourth-order valence-corrected chi connectivity index (χ4v) is 4.54. The summed E-state index contributed by atoms with van der Waals surface area (Å²) in [4.78, 5) is 13.4. The number of nitrogens with zero attached hydrogens (tertiary/aromatic N) is 2. The molecule has 0 spiro atoms. The van der Waals surface area contributed by atoms with Gasteiger partial charge in [-0.3, -0.25) is 4.79 Å². The number of carbonyl (C=O) groups excluding carboxylic acids is 1. The van der Waals surface area contributed by atoms with Crippen LogP contribution in [0.25, 0.3) is 0 Å². The molecule has 1 unspecified atom stereocenters. The molecule has 27 heavy (non-hydrogen) atoms. The van der Waals surface area contributed by atoms with Crippen LogP contribution in [-0.4, -0.2) is 66.6 Å². The molecule has 6 nitrogen and oxygen atoms in total. The summed E-state index contributed by atoms with van der Waals surface area (Å²) < 4.78 is 65.0. The molecule has 0 aliphatic carbocycles. The van der Waals surface area contributed by atoms with Crippen molar-refractivity contribution in [1.82, 2.24) is 9.21 Å². The Bertz CT molecular complexity index is 814. The van der Waals surface area contributed by atoms with Crippen LogP contribution in [-0.2, 0) is 14.8 Å². The van der Waals surface area contributed by atoms with Crippen LogP contribution < -0.4 is 0 Å². The molecular weight excluding hydrogens is 385 g/mol. The lowest BCUT2D eigenvalue weighted by atomic mass is 10.0. The van der Waals surface area contributed by atoms with Crippen molar-refractivity contribution in [3.8, 4) is 0 Å². The maximum atomic E-state index is 12.8. The molecule has 1 amide bonds. The third kappa shape index (κ3) is 4.61. The lowest BCUT2D eigenvalue weighted by Crippen LogP contribution is -2.53. The summed E-state index contributed by atoms with van der Waals surface area (Å²) in [6, 6.07) is 4.98. The first-order valence-corrected chi connectivity index (χ1v) is 9.84. The normalized spacial score (nSPS) is 19.0. The Kier molecular flexibility index (Phi) is 5.93. The standard InChI is InChI=1S/C17H23F3N2O4S/c1-12-4-5-14(13(2)10-12)27(25,26)22-8-6-21(7-9-22)15(23)11-16(3,24)17(18,19)20/h4-5,10,24H,6-9,11H2,1-3H3. The van der Waals surface area contributed by atoms with E-state index in [9.17, 15) is 31.5 Å². The van der Waals surface area contributed by atoms with E-state index < -0.39 is 34.1 Å². The van der Waals surface area contributed by atoms with E-state index >= 15 is 0 Å². The van der Waals surface area contributed by atoms with Crippen LogP contribution in [0.4, 0.5) is 13.2 Å². The number of hydrogen-bond acceptors (Lipinski definition) is 4. The Morgan fingerprint density at radius 3 is 2.19 bits per heavy atom. The Morgan fingerprint density at radius 1 is 1.15 bits per heavy atom. The minimum absolute atomic E-state index is 0.0183. The van der Waals surface area contributed by atoms with Crippen molar-refractivity contribution < 1.29 is 31.5 Å². The van der Waals surface area contributed by atoms with E-state index in [1.54, 1.807) is 19.1 Å². The highest BCUT2D eigenvalue weighted by atomic mass is 32.2. The molecule has 1 aliphatic rings. The Morgan fingerprint density at radius 2 is 1.70 bits per heavy atom. The van der Waals surface area contributed by atoms with E-state index in [0.29, 0.717) is 12.5 Å². The van der Waals surface area contributed by atoms with E-state index in [0.717, 1.165) is 10.5 Å². The molecule has 1 aliphatic heterocycles.